The molecule has 1 fully saturated rings. The molecular formula is C29H32N2O4. The van der Waals surface area contributed by atoms with Crippen LogP contribution in [0.15, 0.2) is 66.7 Å². The van der Waals surface area contributed by atoms with Gasteiger partial charge in [-0.1, -0.05) is 48.5 Å². The summed E-state index contributed by atoms with van der Waals surface area (Å²) in [5.41, 5.74) is 1.30. The number of imide groups is 1. The van der Waals surface area contributed by atoms with Gasteiger partial charge in [-0.05, 0) is 81.5 Å². The van der Waals surface area contributed by atoms with Gasteiger partial charge in [0.2, 0.25) is 0 Å². The summed E-state index contributed by atoms with van der Waals surface area (Å²) < 4.78 is 0. The van der Waals surface area contributed by atoms with Crippen molar-refractivity contribution < 1.29 is 19.3 Å². The van der Waals surface area contributed by atoms with E-state index in [4.69, 9.17) is 9.68 Å². The maximum atomic E-state index is 12.9. The van der Waals surface area contributed by atoms with Crippen LogP contribution in [0.1, 0.15) is 79.3 Å². The molecule has 2 heterocycles. The van der Waals surface area contributed by atoms with E-state index in [0.29, 0.717) is 11.1 Å². The molecule has 6 heteroatoms. The van der Waals surface area contributed by atoms with Crippen molar-refractivity contribution in [2.24, 2.45) is 0 Å². The molecule has 3 aromatic carbocycles. The molecule has 5 rings (SSSR count). The number of hydrogen-bond donors (Lipinski definition) is 0. The van der Waals surface area contributed by atoms with Crippen LogP contribution in [-0.4, -0.2) is 39.6 Å². The van der Waals surface area contributed by atoms with Crippen LogP contribution >= 0.6 is 0 Å². The molecule has 1 unspecified atom stereocenters. The lowest BCUT2D eigenvalue weighted by Gasteiger charge is -2.52. The highest BCUT2D eigenvalue weighted by molar-refractivity contribution is 6.20. The Kier molecular flexibility index (Phi) is 5.99. The number of nitrogens with zero attached hydrogens (tertiary/aromatic N) is 2. The van der Waals surface area contributed by atoms with Gasteiger partial charge in [0.1, 0.15) is 12.7 Å². The van der Waals surface area contributed by atoms with E-state index in [1.54, 1.807) is 24.3 Å². The van der Waals surface area contributed by atoms with Crippen LogP contribution < -0.4 is 0 Å². The van der Waals surface area contributed by atoms with Crippen LogP contribution in [0.4, 0.5) is 0 Å². The molecule has 3 aromatic rings. The number of fused-ring (bicyclic) bond motifs is 2. The van der Waals surface area contributed by atoms with Crippen LogP contribution in [0.3, 0.4) is 0 Å². The number of rotatable bonds is 6. The second kappa shape index (κ2) is 8.86. The Morgan fingerprint density at radius 2 is 1.37 bits per heavy atom. The largest absolute Gasteiger partial charge is 0.287 e. The zero-order valence-corrected chi connectivity index (χ0v) is 20.8. The van der Waals surface area contributed by atoms with E-state index < -0.39 is 17.9 Å². The second-order valence-corrected chi connectivity index (χ2v) is 10.7. The highest BCUT2D eigenvalue weighted by atomic mass is 16.7. The molecule has 2 aliphatic heterocycles. The van der Waals surface area contributed by atoms with Crippen LogP contribution in [0.2, 0.25) is 0 Å². The molecule has 0 aromatic heterocycles. The molecular weight excluding hydrogens is 440 g/mol. The second-order valence-electron chi connectivity index (χ2n) is 10.7. The molecule has 35 heavy (non-hydrogen) atoms. The van der Waals surface area contributed by atoms with Crippen LogP contribution in [0, 0.1) is 0 Å². The van der Waals surface area contributed by atoms with Gasteiger partial charge >= 0.3 is 0 Å². The van der Waals surface area contributed by atoms with Gasteiger partial charge in [0.25, 0.3) is 11.8 Å². The number of hydrogen-bond acceptors (Lipinski definition) is 5. The number of amides is 2. The molecule has 0 radical (unpaired) electrons. The first-order chi connectivity index (χ1) is 16.7. The number of hydroxylamine groups is 4. The number of piperidine rings is 1. The Labute approximate surface area is 206 Å². The maximum absolute atomic E-state index is 12.9. The predicted molar refractivity (Wildman–Crippen MR) is 135 cm³/mol. The summed E-state index contributed by atoms with van der Waals surface area (Å²) in [5.74, 6) is -0.886. The van der Waals surface area contributed by atoms with Crippen molar-refractivity contribution in [1.29, 1.82) is 0 Å². The van der Waals surface area contributed by atoms with E-state index in [2.05, 4.69) is 57.0 Å². The van der Waals surface area contributed by atoms with E-state index in [1.165, 1.54) is 0 Å². The topological polar surface area (TPSA) is 59.1 Å². The molecule has 0 spiro atoms. The summed E-state index contributed by atoms with van der Waals surface area (Å²) in [5, 5.41) is 5.19. The zero-order chi connectivity index (χ0) is 24.8. The molecule has 6 nitrogen and oxygen atoms in total. The van der Waals surface area contributed by atoms with E-state index in [9.17, 15) is 9.59 Å². The van der Waals surface area contributed by atoms with Crippen LogP contribution in [0.25, 0.3) is 10.8 Å². The van der Waals surface area contributed by atoms with Crippen molar-refractivity contribution in [2.45, 2.75) is 64.1 Å². The Morgan fingerprint density at radius 1 is 0.800 bits per heavy atom. The van der Waals surface area contributed by atoms with Crippen molar-refractivity contribution in [2.75, 3.05) is 6.61 Å². The molecule has 1 saturated heterocycles. The molecule has 1 atom stereocenters. The highest BCUT2D eigenvalue weighted by Gasteiger charge is 2.44. The number of benzene rings is 3. The van der Waals surface area contributed by atoms with Crippen LogP contribution in [-0.2, 0) is 9.68 Å². The quantitative estimate of drug-likeness (QED) is 0.407. The van der Waals surface area contributed by atoms with Crippen molar-refractivity contribution >= 4 is 22.6 Å². The molecule has 182 valence electrons. The van der Waals surface area contributed by atoms with Gasteiger partial charge in [0, 0.05) is 11.1 Å². The average molecular weight is 473 g/mol. The van der Waals surface area contributed by atoms with Gasteiger partial charge in [-0.25, -0.2) is 0 Å². The lowest BCUT2D eigenvalue weighted by molar-refractivity contribution is -0.318. The van der Waals surface area contributed by atoms with Gasteiger partial charge in [-0.2, -0.15) is 5.06 Å². The summed E-state index contributed by atoms with van der Waals surface area (Å²) in [6.07, 6.45) is 2.65. The number of carbonyl (C=O) groups excluding carboxylic acids is 2. The van der Waals surface area contributed by atoms with Crippen LogP contribution in [0.5, 0.6) is 0 Å². The Hall–Kier alpha value is -3.06. The van der Waals surface area contributed by atoms with Gasteiger partial charge < -0.3 is 0 Å². The first kappa shape index (κ1) is 23.7. The third-order valence-electron chi connectivity index (χ3n) is 7.17. The standard InChI is InChI=1S/C29H32N2O4/c1-28(2)16-9-17-29(3,4)31(28)35-25(22-15-14-20-10-5-6-11-21(20)18-22)19-34-30-26(32)23-12-7-8-13-24(23)27(30)33/h5-8,10-15,18,25H,9,16-17,19H2,1-4H3. The molecule has 0 aliphatic carbocycles. The third-order valence-corrected chi connectivity index (χ3v) is 7.17. The third kappa shape index (κ3) is 4.38. The minimum atomic E-state index is -0.513. The summed E-state index contributed by atoms with van der Waals surface area (Å²) in [7, 11) is 0. The maximum Gasteiger partial charge on any atom is 0.285 e. The smallest absolute Gasteiger partial charge is 0.285 e. The molecule has 2 amide bonds. The van der Waals surface area contributed by atoms with E-state index in [0.717, 1.165) is 40.7 Å². The van der Waals surface area contributed by atoms with Crippen molar-refractivity contribution in [1.82, 2.24) is 10.1 Å². The van der Waals surface area contributed by atoms with E-state index in [-0.39, 0.29) is 17.7 Å². The van der Waals surface area contributed by atoms with Crippen molar-refractivity contribution in [3.05, 3.63) is 83.4 Å². The highest BCUT2D eigenvalue weighted by Crippen LogP contribution is 2.41. The Balaban J connectivity index is 1.45. The fraction of sp³-hybridized carbons (Fsp3) is 0.379. The SMILES string of the molecule is CC1(C)CCCC(C)(C)N1OC(CON1C(=O)c2ccccc2C1=O)c1ccc2ccccc2c1. The molecule has 0 bridgehead atoms. The predicted octanol–water partition coefficient (Wildman–Crippen LogP) is 6.08. The first-order valence-corrected chi connectivity index (χ1v) is 12.2. The van der Waals surface area contributed by atoms with Gasteiger partial charge in [0.05, 0.1) is 11.1 Å². The summed E-state index contributed by atoms with van der Waals surface area (Å²) in [6, 6.07) is 21.1. The first-order valence-electron chi connectivity index (χ1n) is 12.2. The average Bonchev–Trinajstić information content (AvgIpc) is 3.07. The van der Waals surface area contributed by atoms with Crippen molar-refractivity contribution in [3.8, 4) is 0 Å². The van der Waals surface area contributed by atoms with Crippen molar-refractivity contribution in [3.63, 3.8) is 0 Å². The lowest BCUT2D eigenvalue weighted by Crippen LogP contribution is -2.58. The van der Waals surface area contributed by atoms with Gasteiger partial charge in [0.15, 0.2) is 0 Å². The molecule has 0 saturated carbocycles. The van der Waals surface area contributed by atoms with Gasteiger partial charge in [-0.15, -0.1) is 5.06 Å². The minimum absolute atomic E-state index is 0.0203. The fourth-order valence-corrected chi connectivity index (χ4v) is 5.41. The summed E-state index contributed by atoms with van der Waals surface area (Å²) >= 11 is 0. The molecule has 0 N–H and O–H groups in total. The Morgan fingerprint density at radius 3 is 2.00 bits per heavy atom. The summed E-state index contributed by atoms with van der Waals surface area (Å²) in [6.45, 7) is 8.78. The van der Waals surface area contributed by atoms with E-state index in [1.807, 2.05) is 18.2 Å². The van der Waals surface area contributed by atoms with Gasteiger partial charge in [-0.3, -0.25) is 19.3 Å². The minimum Gasteiger partial charge on any atom is -0.287 e. The summed E-state index contributed by atoms with van der Waals surface area (Å²) in [4.78, 5) is 38.3. The lowest BCUT2D eigenvalue weighted by atomic mass is 9.82. The Bertz CT molecular complexity index is 1230. The van der Waals surface area contributed by atoms with E-state index >= 15 is 0 Å². The fourth-order valence-electron chi connectivity index (χ4n) is 5.41. The normalized spacial score (nSPS) is 20.3. The zero-order valence-electron chi connectivity index (χ0n) is 20.8. The monoisotopic (exact) mass is 472 g/mol. The molecule has 2 aliphatic rings. The number of carbonyl (C=O) groups is 2.